The van der Waals surface area contributed by atoms with Crippen molar-refractivity contribution in [3.05, 3.63) is 132 Å². The molecule has 1 heterocycles. The number of methoxy groups -OCH3 is 1. The summed E-state index contributed by atoms with van der Waals surface area (Å²) in [5.41, 5.74) is 2.92. The molecule has 1 aliphatic rings. The predicted molar refractivity (Wildman–Crippen MR) is 289 cm³/mol. The van der Waals surface area contributed by atoms with Gasteiger partial charge in [0.2, 0.25) is 0 Å². The van der Waals surface area contributed by atoms with Crippen LogP contribution in [0.5, 0.6) is 5.75 Å². The minimum Gasteiger partial charge on any atom is -0.467 e. The quantitative estimate of drug-likeness (QED) is 0.0353. The summed E-state index contributed by atoms with van der Waals surface area (Å²) < 4.78 is 45.9. The van der Waals surface area contributed by atoms with Crippen LogP contribution in [-0.2, 0) is 27.8 Å². The van der Waals surface area contributed by atoms with Gasteiger partial charge in [0, 0.05) is 26.9 Å². The SMILES string of the molecule is COCOc1ccc(-c2ccccc2)c(C=CC[C@@H]2OC(C)(C)O[C@@H]2C(C=C[C@@H](C)[C@@H](C)O[Si](c2ccccc2)(c2ccccc2)C(C)(C)C)O[Si](C)(C)C(C)(C)C)c1C(=O)OCC[Si](C)(C)C. The van der Waals surface area contributed by atoms with E-state index in [1.165, 1.54) is 10.4 Å². The average molecular weight is 980 g/mol. The first-order valence-corrected chi connectivity index (χ1v) is 33.0. The zero-order chi connectivity index (χ0) is 50.1. The molecule has 4 aromatic carbocycles. The molecule has 0 spiro atoms. The minimum absolute atomic E-state index is 0.0147. The van der Waals surface area contributed by atoms with Crippen LogP contribution < -0.4 is 15.1 Å². The summed E-state index contributed by atoms with van der Waals surface area (Å²) in [6.45, 7) is 33.8. The first kappa shape index (κ1) is 55.0. The van der Waals surface area contributed by atoms with Gasteiger partial charge in [0.25, 0.3) is 8.32 Å². The number of ether oxygens (including phenoxy) is 5. The van der Waals surface area contributed by atoms with Crippen molar-refractivity contribution in [1.82, 2.24) is 0 Å². The Hall–Kier alpha value is -3.92. The maximum Gasteiger partial charge on any atom is 0.342 e. The zero-order valence-corrected chi connectivity index (χ0v) is 47.1. The standard InChI is InChI=1S/C57H82O8Si3/c1-42(43(2)64-68(56(6,7)8,45-29-22-18-23-30-45)46-31-24-19-25-32-46)35-37-51(65-67(15,16)55(3,4)5)53-50(62-57(9,10)63-53)34-26-33-48-47(44-27-20-17-21-28-44)36-38-49(61-41-59-11)52(48)54(58)60-39-40-66(12,13)14/h17-33,35-38,42-43,50-51,53H,34,39-41H2,1-16H3/t42-,43-,50+,51?,53+/m1/s1. The highest BCUT2D eigenvalue weighted by Crippen LogP contribution is 2.42. The van der Waals surface area contributed by atoms with E-state index in [1.54, 1.807) is 7.11 Å². The number of benzene rings is 4. The molecule has 0 N–H and O–H groups in total. The van der Waals surface area contributed by atoms with Gasteiger partial charge in [-0.1, -0.05) is 189 Å². The van der Waals surface area contributed by atoms with Crippen molar-refractivity contribution in [2.75, 3.05) is 20.5 Å². The number of rotatable bonds is 21. The molecule has 0 aliphatic carbocycles. The molecule has 68 heavy (non-hydrogen) atoms. The Kier molecular flexibility index (Phi) is 18.5. The summed E-state index contributed by atoms with van der Waals surface area (Å²) >= 11 is 0. The third-order valence-corrected chi connectivity index (χ3v) is 24.8. The summed E-state index contributed by atoms with van der Waals surface area (Å²) in [7, 11) is -5.07. The Morgan fingerprint density at radius 3 is 1.85 bits per heavy atom. The van der Waals surface area contributed by atoms with Gasteiger partial charge in [-0.25, -0.2) is 4.79 Å². The highest BCUT2D eigenvalue weighted by Gasteiger charge is 2.52. The molecular formula is C57H82O8Si3. The number of carbonyl (C=O) groups excluding carboxylic acids is 1. The van der Waals surface area contributed by atoms with Gasteiger partial charge in [-0.3, -0.25) is 0 Å². The lowest BCUT2D eigenvalue weighted by Crippen LogP contribution is -2.67. The molecule has 1 fully saturated rings. The Morgan fingerprint density at radius 1 is 0.750 bits per heavy atom. The molecule has 1 unspecified atom stereocenters. The van der Waals surface area contributed by atoms with E-state index < -0.39 is 48.7 Å². The van der Waals surface area contributed by atoms with Crippen molar-refractivity contribution in [1.29, 1.82) is 0 Å². The van der Waals surface area contributed by atoms with E-state index in [9.17, 15) is 4.79 Å². The fourth-order valence-electron chi connectivity index (χ4n) is 8.51. The lowest BCUT2D eigenvalue weighted by atomic mass is 9.93. The Bertz CT molecular complexity index is 2240. The second kappa shape index (κ2) is 22.9. The monoisotopic (exact) mass is 979 g/mol. The van der Waals surface area contributed by atoms with Crippen LogP contribution in [0.4, 0.5) is 0 Å². The fourth-order valence-corrected chi connectivity index (χ4v) is 15.3. The van der Waals surface area contributed by atoms with Gasteiger partial charge in [0.05, 0.1) is 18.8 Å². The number of esters is 1. The number of hydrogen-bond donors (Lipinski definition) is 0. The van der Waals surface area contributed by atoms with Crippen LogP contribution in [-0.4, -0.2) is 81.4 Å². The maximum atomic E-state index is 14.2. The normalized spacial score (nSPS) is 18.5. The molecule has 8 nitrogen and oxygen atoms in total. The number of carbonyl (C=O) groups is 1. The summed E-state index contributed by atoms with van der Waals surface area (Å²) in [6, 6.07) is 36.4. The Morgan fingerprint density at radius 2 is 1.32 bits per heavy atom. The van der Waals surface area contributed by atoms with Crippen molar-refractivity contribution >= 4 is 47.1 Å². The van der Waals surface area contributed by atoms with Crippen molar-refractivity contribution in [3.63, 3.8) is 0 Å². The van der Waals surface area contributed by atoms with Crippen molar-refractivity contribution in [2.24, 2.45) is 5.92 Å². The molecular weight excluding hydrogens is 897 g/mol. The van der Waals surface area contributed by atoms with E-state index in [2.05, 4.69) is 167 Å². The van der Waals surface area contributed by atoms with E-state index in [4.69, 9.17) is 32.5 Å². The lowest BCUT2D eigenvalue weighted by Gasteiger charge is -2.45. The van der Waals surface area contributed by atoms with Crippen LogP contribution in [0.3, 0.4) is 0 Å². The maximum absolute atomic E-state index is 14.2. The zero-order valence-electron chi connectivity index (χ0n) is 44.1. The van der Waals surface area contributed by atoms with Crippen LogP contribution in [0.1, 0.15) is 91.6 Å². The number of hydrogen-bond acceptors (Lipinski definition) is 8. The van der Waals surface area contributed by atoms with Gasteiger partial charge in [0.1, 0.15) is 17.4 Å². The average Bonchev–Trinajstić information content (AvgIpc) is 3.58. The van der Waals surface area contributed by atoms with Crippen LogP contribution in [0.2, 0.25) is 48.9 Å². The van der Waals surface area contributed by atoms with Crippen molar-refractivity contribution in [2.45, 2.75) is 155 Å². The summed E-state index contributed by atoms with van der Waals surface area (Å²) in [5, 5.41) is 2.30. The van der Waals surface area contributed by atoms with Crippen molar-refractivity contribution < 1.29 is 37.3 Å². The van der Waals surface area contributed by atoms with Gasteiger partial charge >= 0.3 is 5.97 Å². The second-order valence-corrected chi connectivity index (χ2v) is 37.2. The van der Waals surface area contributed by atoms with Gasteiger partial charge in [-0.05, 0) is 89.9 Å². The highest BCUT2D eigenvalue weighted by atomic mass is 28.4. The molecule has 0 bridgehead atoms. The summed E-state index contributed by atoms with van der Waals surface area (Å²) in [5.74, 6) is -0.865. The fraction of sp³-hybridized carbons (Fsp3) is 0.491. The van der Waals surface area contributed by atoms with Gasteiger partial charge in [-0.2, -0.15) is 0 Å². The highest BCUT2D eigenvalue weighted by molar-refractivity contribution is 6.99. The molecule has 4 aromatic rings. The minimum atomic E-state index is -2.81. The van der Waals surface area contributed by atoms with Gasteiger partial charge in [-0.15, -0.1) is 0 Å². The lowest BCUT2D eigenvalue weighted by molar-refractivity contribution is -0.151. The first-order chi connectivity index (χ1) is 31.8. The molecule has 5 atom stereocenters. The predicted octanol–water partition coefficient (Wildman–Crippen LogP) is 13.3. The first-order valence-electron chi connectivity index (χ1n) is 24.5. The van der Waals surface area contributed by atoms with Crippen LogP contribution in [0.25, 0.3) is 17.2 Å². The van der Waals surface area contributed by atoms with Gasteiger partial charge < -0.3 is 32.5 Å². The Balaban J connectivity index is 1.53. The molecule has 1 saturated heterocycles. The molecule has 1 aliphatic heterocycles. The second-order valence-electron chi connectivity index (χ2n) is 22.6. The van der Waals surface area contributed by atoms with Crippen molar-refractivity contribution in [3.8, 4) is 16.9 Å². The topological polar surface area (TPSA) is 81.7 Å². The molecule has 370 valence electrons. The molecule has 5 rings (SSSR count). The summed E-state index contributed by atoms with van der Waals surface area (Å²) in [6.07, 6.45) is 7.71. The molecule has 11 heteroatoms. The van der Waals surface area contributed by atoms with Gasteiger partial charge in [0.15, 0.2) is 20.9 Å². The summed E-state index contributed by atoms with van der Waals surface area (Å²) in [4.78, 5) is 14.2. The van der Waals surface area contributed by atoms with E-state index in [-0.39, 0.29) is 35.0 Å². The van der Waals surface area contributed by atoms with Crippen LogP contribution >= 0.6 is 0 Å². The van der Waals surface area contributed by atoms with Crippen LogP contribution in [0.15, 0.2) is 121 Å². The molecule has 0 saturated carbocycles. The Labute approximate surface area is 413 Å². The van der Waals surface area contributed by atoms with E-state index >= 15 is 0 Å². The third kappa shape index (κ3) is 13.9. The third-order valence-electron chi connectivity index (χ3n) is 13.5. The smallest absolute Gasteiger partial charge is 0.342 e. The van der Waals surface area contributed by atoms with E-state index in [1.807, 2.05) is 62.4 Å². The largest absolute Gasteiger partial charge is 0.467 e. The van der Waals surface area contributed by atoms with E-state index in [0.29, 0.717) is 29.9 Å². The molecule has 0 amide bonds. The van der Waals surface area contributed by atoms with Crippen LogP contribution in [0, 0.1) is 5.92 Å². The molecule has 0 aromatic heterocycles. The molecule has 0 radical (unpaired) electrons. The van der Waals surface area contributed by atoms with E-state index in [0.717, 1.165) is 17.2 Å².